The van der Waals surface area contributed by atoms with Gasteiger partial charge >= 0.3 is 12.0 Å². The van der Waals surface area contributed by atoms with Gasteiger partial charge < -0.3 is 54.5 Å². The zero-order valence-corrected chi connectivity index (χ0v) is 35.4. The lowest BCUT2D eigenvalue weighted by atomic mass is 9.78. The molecule has 2 aliphatic heterocycles. The van der Waals surface area contributed by atoms with E-state index in [1.54, 1.807) is 63.9 Å². The number of hydrogen-bond donors (Lipinski definition) is 5. The Morgan fingerprint density at radius 3 is 2.41 bits per heavy atom. The molecular formula is C42H68N4O10. The smallest absolute Gasteiger partial charge is 0.320 e. The lowest BCUT2D eigenvalue weighted by Gasteiger charge is -2.48. The quantitative estimate of drug-likeness (QED) is 0.254. The molecule has 2 aromatic rings. The van der Waals surface area contributed by atoms with Crippen molar-refractivity contribution in [3.05, 3.63) is 36.5 Å². The highest BCUT2D eigenvalue weighted by Gasteiger charge is 2.51. The normalized spacial score (nSPS) is 38.0. The summed E-state index contributed by atoms with van der Waals surface area (Å²) in [5, 5.41) is 51.1. The highest BCUT2D eigenvalue weighted by Crippen LogP contribution is 2.38. The van der Waals surface area contributed by atoms with Crippen LogP contribution in [0.3, 0.4) is 0 Å². The van der Waals surface area contributed by atoms with Crippen LogP contribution in [0, 0.1) is 17.8 Å². The highest BCUT2D eigenvalue weighted by atomic mass is 16.7. The third kappa shape index (κ3) is 10.3. The molecule has 0 unspecified atom stereocenters. The van der Waals surface area contributed by atoms with Crippen LogP contribution < -0.4 is 10.1 Å². The average molecular weight is 789 g/mol. The molecule has 2 fully saturated rings. The van der Waals surface area contributed by atoms with E-state index in [2.05, 4.69) is 10.3 Å². The number of fused-ring (bicyclic) bond motifs is 1. The van der Waals surface area contributed by atoms with Crippen LogP contribution in [0.2, 0.25) is 0 Å². The summed E-state index contributed by atoms with van der Waals surface area (Å²) in [5.74, 6) is -2.44. The Balaban J connectivity index is 1.78. The summed E-state index contributed by atoms with van der Waals surface area (Å²) in [6.45, 7) is 17.9. The summed E-state index contributed by atoms with van der Waals surface area (Å²) >= 11 is 0. The largest absolute Gasteiger partial charge is 0.483 e. The third-order valence-corrected chi connectivity index (χ3v) is 12.0. The number of urea groups is 1. The average Bonchev–Trinajstić information content (AvgIpc) is 3.15. The summed E-state index contributed by atoms with van der Waals surface area (Å²) in [6, 6.07) is 7.86. The van der Waals surface area contributed by atoms with Crippen molar-refractivity contribution in [1.29, 1.82) is 0 Å². The summed E-state index contributed by atoms with van der Waals surface area (Å²) in [6.07, 6.45) is -4.78. The molecule has 4 rings (SSSR count). The number of rotatable bonds is 7. The molecule has 5 N–H and O–H groups in total. The second-order valence-corrected chi connectivity index (χ2v) is 17.2. The maximum Gasteiger partial charge on any atom is 0.320 e. The minimum atomic E-state index is -1.80. The first-order valence-corrected chi connectivity index (χ1v) is 20.2. The minimum Gasteiger partial charge on any atom is -0.483 e. The molecule has 3 heterocycles. The van der Waals surface area contributed by atoms with E-state index < -0.39 is 84.0 Å². The molecule has 0 aliphatic carbocycles. The molecule has 1 aromatic heterocycles. The zero-order chi connectivity index (χ0) is 41.9. The van der Waals surface area contributed by atoms with Gasteiger partial charge in [-0.2, -0.15) is 0 Å². The number of cyclic esters (lactones) is 1. The molecule has 2 saturated heterocycles. The van der Waals surface area contributed by atoms with Crippen molar-refractivity contribution in [1.82, 2.24) is 20.1 Å². The number of hydrogen-bond acceptors (Lipinski definition) is 12. The Morgan fingerprint density at radius 2 is 1.77 bits per heavy atom. The number of aromatic nitrogens is 1. The summed E-state index contributed by atoms with van der Waals surface area (Å²) in [4.78, 5) is 35.2. The van der Waals surface area contributed by atoms with E-state index in [4.69, 9.17) is 18.9 Å². The predicted molar refractivity (Wildman–Crippen MR) is 213 cm³/mol. The number of benzene rings is 1. The van der Waals surface area contributed by atoms with Crippen LogP contribution in [-0.2, 0) is 19.0 Å². The molecule has 2 amide bonds. The molecule has 0 radical (unpaired) electrons. The van der Waals surface area contributed by atoms with Crippen molar-refractivity contribution in [2.75, 3.05) is 20.6 Å². The van der Waals surface area contributed by atoms with Gasteiger partial charge in [-0.25, -0.2) is 4.79 Å². The van der Waals surface area contributed by atoms with E-state index in [0.29, 0.717) is 18.7 Å². The molecule has 316 valence electrons. The van der Waals surface area contributed by atoms with Crippen LogP contribution in [-0.4, -0.2) is 140 Å². The number of carbonyl (C=O) groups excluding carboxylic acids is 2. The van der Waals surface area contributed by atoms with Gasteiger partial charge in [0.15, 0.2) is 12.4 Å². The van der Waals surface area contributed by atoms with Crippen molar-refractivity contribution in [2.24, 2.45) is 17.8 Å². The van der Waals surface area contributed by atoms with Crippen LogP contribution in [0.15, 0.2) is 36.5 Å². The molecular weight excluding hydrogens is 720 g/mol. The Hall–Kier alpha value is -3.11. The number of nitrogens with one attached hydrogen (secondary N) is 1. The fourth-order valence-corrected chi connectivity index (χ4v) is 8.24. The number of carbonyl (C=O) groups is 2. The van der Waals surface area contributed by atoms with Crippen LogP contribution in [0.5, 0.6) is 5.75 Å². The molecule has 56 heavy (non-hydrogen) atoms. The van der Waals surface area contributed by atoms with Gasteiger partial charge in [-0.15, -0.1) is 0 Å². The van der Waals surface area contributed by atoms with Crippen LogP contribution in [0.4, 0.5) is 4.79 Å². The monoisotopic (exact) mass is 788 g/mol. The zero-order valence-electron chi connectivity index (χ0n) is 35.4. The van der Waals surface area contributed by atoms with Gasteiger partial charge in [0.25, 0.3) is 0 Å². The Morgan fingerprint density at radius 1 is 1.09 bits per heavy atom. The molecule has 0 spiro atoms. The SMILES string of the molecule is CC[C@H]1OC(=O)[C@H](C)[C@@H](O)[C@H](C)[C@@H](O[C@@H]2O[C@H](C)C[C@H](N(C)C(=O)N(C)C(C)C)[C@H]2Oc2ccc3ncccc3c2)[C@](C)(O)C[C@@H](C)CN[C@H](C)[C@@H](O)[C@]1(C)O. The van der Waals surface area contributed by atoms with Gasteiger partial charge in [0.1, 0.15) is 23.6 Å². The number of likely N-dealkylation sites (N-methyl/N-ethyl adjacent to an activating group) is 1. The summed E-state index contributed by atoms with van der Waals surface area (Å²) < 4.78 is 26.0. The molecule has 14 nitrogen and oxygen atoms in total. The number of aliphatic hydroxyl groups excluding tert-OH is 2. The Kier molecular flexibility index (Phi) is 15.2. The first kappa shape index (κ1) is 45.6. The molecule has 14 atom stereocenters. The molecule has 2 aliphatic rings. The van der Waals surface area contributed by atoms with Gasteiger partial charge in [0.05, 0.1) is 41.4 Å². The molecule has 0 saturated carbocycles. The Labute approximate surface area is 332 Å². The van der Waals surface area contributed by atoms with Crippen molar-refractivity contribution in [3.63, 3.8) is 0 Å². The maximum absolute atomic E-state index is 13.8. The van der Waals surface area contributed by atoms with E-state index in [-0.39, 0.29) is 30.8 Å². The summed E-state index contributed by atoms with van der Waals surface area (Å²) in [7, 11) is 3.48. The van der Waals surface area contributed by atoms with Crippen LogP contribution in [0.25, 0.3) is 10.9 Å². The Bertz CT molecular complexity index is 1610. The number of pyridine rings is 1. The predicted octanol–water partition coefficient (Wildman–Crippen LogP) is 4.10. The van der Waals surface area contributed by atoms with E-state index in [9.17, 15) is 30.0 Å². The topological polar surface area (TPSA) is 183 Å². The standard InChI is InChI=1S/C42H68N4O10/c1-13-33-42(10,52)36(48)28(8)44-22-24(4)21-41(9,51)37(26(6)34(47)27(7)38(49)55-33)56-39-35(54-30-16-17-31-29(20-30)15-14-18-43-31)32(19-25(5)53-39)46(12)40(50)45(11)23(2)3/h14-18,20,23-28,32-37,39,44,47-48,51-52H,13,19,21-22H2,1-12H3/t24-,25-,26+,27-,28-,32+,33-,34+,35-,36-,37-,39+,41-,42-/m1/s1. The van der Waals surface area contributed by atoms with Gasteiger partial charge in [-0.1, -0.05) is 26.8 Å². The second-order valence-electron chi connectivity index (χ2n) is 17.2. The second kappa shape index (κ2) is 18.6. The van der Waals surface area contributed by atoms with Crippen molar-refractivity contribution in [3.8, 4) is 5.75 Å². The van der Waals surface area contributed by atoms with Crippen LogP contribution in [0.1, 0.15) is 88.5 Å². The first-order valence-electron chi connectivity index (χ1n) is 20.2. The molecule has 0 bridgehead atoms. The number of esters is 1. The maximum atomic E-state index is 13.8. The highest BCUT2D eigenvalue weighted by molar-refractivity contribution is 5.79. The number of amides is 2. The van der Waals surface area contributed by atoms with Gasteiger partial charge in [0, 0.05) is 43.7 Å². The first-order chi connectivity index (χ1) is 26.1. The minimum absolute atomic E-state index is 0.0665. The van der Waals surface area contributed by atoms with Crippen molar-refractivity contribution >= 4 is 22.9 Å². The summed E-state index contributed by atoms with van der Waals surface area (Å²) in [5.41, 5.74) is -2.62. The molecule has 1 aromatic carbocycles. The van der Waals surface area contributed by atoms with E-state index in [1.165, 1.54) is 13.8 Å². The van der Waals surface area contributed by atoms with Crippen LogP contribution >= 0.6 is 0 Å². The van der Waals surface area contributed by atoms with Gasteiger partial charge in [-0.3, -0.25) is 9.78 Å². The molecule has 14 heteroatoms. The lowest BCUT2D eigenvalue weighted by Crippen LogP contribution is -2.62. The fourth-order valence-electron chi connectivity index (χ4n) is 8.24. The third-order valence-electron chi connectivity index (χ3n) is 12.0. The number of aliphatic hydroxyl groups is 4. The van der Waals surface area contributed by atoms with Crippen molar-refractivity contribution in [2.45, 2.75) is 161 Å². The van der Waals surface area contributed by atoms with E-state index in [0.717, 1.165) is 10.9 Å². The van der Waals surface area contributed by atoms with Crippen molar-refractivity contribution < 1.29 is 49.0 Å². The fraction of sp³-hybridized carbons (Fsp3) is 0.738. The van der Waals surface area contributed by atoms with Gasteiger partial charge in [-0.05, 0) is 104 Å². The van der Waals surface area contributed by atoms with E-state index >= 15 is 0 Å². The number of nitrogens with zero attached hydrogens (tertiary/aromatic N) is 3. The lowest BCUT2D eigenvalue weighted by molar-refractivity contribution is -0.294. The van der Waals surface area contributed by atoms with E-state index in [1.807, 2.05) is 52.0 Å². The number of ether oxygens (including phenoxy) is 4. The van der Waals surface area contributed by atoms with Gasteiger partial charge in [0.2, 0.25) is 0 Å².